The van der Waals surface area contributed by atoms with Crippen LogP contribution in [0.4, 0.5) is 0 Å². The molecule has 7 heteroatoms. The molecule has 0 aliphatic heterocycles. The number of methoxy groups -OCH3 is 1. The zero-order chi connectivity index (χ0) is 14.3. The highest BCUT2D eigenvalue weighted by atomic mass is 32.2. The predicted octanol–water partition coefficient (Wildman–Crippen LogP) is 0.977. The van der Waals surface area contributed by atoms with Gasteiger partial charge in [0.2, 0.25) is 0 Å². The predicted molar refractivity (Wildman–Crippen MR) is 71.4 cm³/mol. The second-order valence-electron chi connectivity index (χ2n) is 3.67. The number of thioether (sulfide) groups is 1. The molecular formula is C12H16N2O4S. The first kappa shape index (κ1) is 15.5. The fourth-order valence-corrected chi connectivity index (χ4v) is 2.05. The van der Waals surface area contributed by atoms with Crippen LogP contribution in [0.2, 0.25) is 0 Å². The van der Waals surface area contributed by atoms with E-state index in [9.17, 15) is 9.59 Å². The van der Waals surface area contributed by atoms with Crippen LogP contribution in [-0.4, -0.2) is 59.9 Å². The Morgan fingerprint density at radius 3 is 2.84 bits per heavy atom. The molecule has 0 saturated carbocycles. The first-order chi connectivity index (χ1) is 9.10. The maximum absolute atomic E-state index is 12.3. The molecule has 6 nitrogen and oxygen atoms in total. The smallest absolute Gasteiger partial charge is 0.323 e. The van der Waals surface area contributed by atoms with Gasteiger partial charge in [0.1, 0.15) is 11.6 Å². The monoisotopic (exact) mass is 284 g/mol. The highest BCUT2D eigenvalue weighted by molar-refractivity contribution is 7.98. The van der Waals surface area contributed by atoms with E-state index in [4.69, 9.17) is 9.84 Å². The Labute approximate surface area is 115 Å². The van der Waals surface area contributed by atoms with Crippen LogP contribution in [0.15, 0.2) is 23.4 Å². The molecule has 0 atom stereocenters. The van der Waals surface area contributed by atoms with Crippen LogP contribution in [0, 0.1) is 0 Å². The molecule has 1 amide bonds. The standard InChI is InChI=1S/C12H16N2O4S/c1-18-7-6-14(8-10(15)16)12(17)9-4-3-5-13-11(9)19-2/h3-5H,6-8H2,1-2H3,(H,15,16). The number of carbonyl (C=O) groups excluding carboxylic acids is 1. The minimum atomic E-state index is -1.06. The van der Waals surface area contributed by atoms with E-state index in [-0.39, 0.29) is 25.6 Å². The fraction of sp³-hybridized carbons (Fsp3) is 0.417. The lowest BCUT2D eigenvalue weighted by Gasteiger charge is -2.21. The van der Waals surface area contributed by atoms with Gasteiger partial charge in [-0.05, 0) is 18.4 Å². The van der Waals surface area contributed by atoms with Gasteiger partial charge in [0.15, 0.2) is 0 Å². The quantitative estimate of drug-likeness (QED) is 0.752. The topological polar surface area (TPSA) is 79.7 Å². The number of carbonyl (C=O) groups is 2. The molecule has 1 N–H and O–H groups in total. The number of pyridine rings is 1. The van der Waals surface area contributed by atoms with E-state index < -0.39 is 5.97 Å². The van der Waals surface area contributed by atoms with Crippen molar-refractivity contribution in [3.05, 3.63) is 23.9 Å². The number of hydrogen-bond acceptors (Lipinski definition) is 5. The second kappa shape index (κ2) is 7.75. The zero-order valence-electron chi connectivity index (χ0n) is 10.8. The number of nitrogens with zero attached hydrogens (tertiary/aromatic N) is 2. The van der Waals surface area contributed by atoms with E-state index in [1.807, 2.05) is 6.26 Å². The fourth-order valence-electron chi connectivity index (χ4n) is 1.50. The van der Waals surface area contributed by atoms with Crippen molar-refractivity contribution in [2.24, 2.45) is 0 Å². The summed E-state index contributed by atoms with van der Waals surface area (Å²) in [7, 11) is 1.50. The summed E-state index contributed by atoms with van der Waals surface area (Å²) in [5, 5.41) is 9.43. The van der Waals surface area contributed by atoms with Crippen molar-refractivity contribution in [3.63, 3.8) is 0 Å². The highest BCUT2D eigenvalue weighted by Crippen LogP contribution is 2.18. The molecule has 0 aromatic carbocycles. The molecule has 0 unspecified atom stereocenters. The molecule has 1 heterocycles. The minimum Gasteiger partial charge on any atom is -0.480 e. The Hall–Kier alpha value is -1.60. The molecular weight excluding hydrogens is 268 g/mol. The Bertz CT molecular complexity index is 453. The summed E-state index contributed by atoms with van der Waals surface area (Å²) in [5.74, 6) is -1.41. The van der Waals surface area contributed by atoms with E-state index in [1.165, 1.54) is 23.8 Å². The number of rotatable bonds is 7. The number of amides is 1. The van der Waals surface area contributed by atoms with Crippen molar-refractivity contribution in [2.75, 3.05) is 33.1 Å². The van der Waals surface area contributed by atoms with E-state index in [0.717, 1.165) is 0 Å². The van der Waals surface area contributed by atoms with E-state index in [2.05, 4.69) is 4.98 Å². The van der Waals surface area contributed by atoms with Crippen molar-refractivity contribution in [1.82, 2.24) is 9.88 Å². The van der Waals surface area contributed by atoms with Crippen LogP contribution in [0.25, 0.3) is 0 Å². The lowest BCUT2D eigenvalue weighted by molar-refractivity contribution is -0.137. The van der Waals surface area contributed by atoms with Gasteiger partial charge in [-0.2, -0.15) is 0 Å². The van der Waals surface area contributed by atoms with Crippen LogP contribution in [-0.2, 0) is 9.53 Å². The Balaban J connectivity index is 2.93. The van der Waals surface area contributed by atoms with Gasteiger partial charge in [-0.15, -0.1) is 11.8 Å². The molecule has 19 heavy (non-hydrogen) atoms. The lowest BCUT2D eigenvalue weighted by Crippen LogP contribution is -2.38. The normalized spacial score (nSPS) is 10.2. The second-order valence-corrected chi connectivity index (χ2v) is 4.47. The third kappa shape index (κ3) is 4.53. The van der Waals surface area contributed by atoms with Gasteiger partial charge in [0.25, 0.3) is 5.91 Å². The van der Waals surface area contributed by atoms with E-state index >= 15 is 0 Å². The van der Waals surface area contributed by atoms with Crippen LogP contribution < -0.4 is 0 Å². The molecule has 0 bridgehead atoms. The van der Waals surface area contributed by atoms with Gasteiger partial charge >= 0.3 is 5.97 Å². The molecule has 1 aromatic rings. The number of aromatic nitrogens is 1. The molecule has 1 aromatic heterocycles. The van der Waals surface area contributed by atoms with Crippen molar-refractivity contribution < 1.29 is 19.4 Å². The molecule has 0 aliphatic rings. The summed E-state index contributed by atoms with van der Waals surface area (Å²) < 4.78 is 4.89. The van der Waals surface area contributed by atoms with Crippen molar-refractivity contribution >= 4 is 23.6 Å². The molecule has 0 spiro atoms. The zero-order valence-corrected chi connectivity index (χ0v) is 11.6. The third-order valence-corrected chi connectivity index (χ3v) is 3.09. The summed E-state index contributed by atoms with van der Waals surface area (Å²) in [4.78, 5) is 28.5. The number of aliphatic carboxylic acids is 1. The summed E-state index contributed by atoms with van der Waals surface area (Å²) in [6.07, 6.45) is 3.41. The molecule has 1 rings (SSSR count). The highest BCUT2D eigenvalue weighted by Gasteiger charge is 2.21. The summed E-state index contributed by atoms with van der Waals surface area (Å²) in [5.41, 5.74) is 0.410. The first-order valence-corrected chi connectivity index (χ1v) is 6.81. The van der Waals surface area contributed by atoms with Gasteiger partial charge in [-0.3, -0.25) is 9.59 Å². The third-order valence-electron chi connectivity index (χ3n) is 2.37. The number of carboxylic acids is 1. The molecule has 0 saturated heterocycles. The van der Waals surface area contributed by atoms with Crippen LogP contribution in [0.5, 0.6) is 0 Å². The van der Waals surface area contributed by atoms with Crippen molar-refractivity contribution in [1.29, 1.82) is 0 Å². The largest absolute Gasteiger partial charge is 0.480 e. The van der Waals surface area contributed by atoms with Gasteiger partial charge in [0, 0.05) is 19.9 Å². The summed E-state index contributed by atoms with van der Waals surface area (Å²) >= 11 is 1.35. The van der Waals surface area contributed by atoms with Gasteiger partial charge in [0.05, 0.1) is 12.2 Å². The Morgan fingerprint density at radius 2 is 2.26 bits per heavy atom. The Kier molecular flexibility index (Phi) is 6.31. The lowest BCUT2D eigenvalue weighted by atomic mass is 10.2. The molecule has 0 fully saturated rings. The molecule has 104 valence electrons. The van der Waals surface area contributed by atoms with E-state index in [0.29, 0.717) is 10.6 Å². The number of ether oxygens (including phenoxy) is 1. The van der Waals surface area contributed by atoms with Crippen LogP contribution in [0.3, 0.4) is 0 Å². The van der Waals surface area contributed by atoms with Crippen molar-refractivity contribution in [3.8, 4) is 0 Å². The number of hydrogen-bond donors (Lipinski definition) is 1. The van der Waals surface area contributed by atoms with Crippen molar-refractivity contribution in [2.45, 2.75) is 5.03 Å². The maximum Gasteiger partial charge on any atom is 0.323 e. The Morgan fingerprint density at radius 1 is 1.53 bits per heavy atom. The summed E-state index contributed by atoms with van der Waals surface area (Å²) in [6, 6.07) is 3.30. The van der Waals surface area contributed by atoms with Gasteiger partial charge in [-0.1, -0.05) is 0 Å². The van der Waals surface area contributed by atoms with Gasteiger partial charge < -0.3 is 14.7 Å². The minimum absolute atomic E-state index is 0.227. The van der Waals surface area contributed by atoms with Crippen LogP contribution in [0.1, 0.15) is 10.4 Å². The maximum atomic E-state index is 12.3. The summed E-state index contributed by atoms with van der Waals surface area (Å²) in [6.45, 7) is 0.156. The average molecular weight is 284 g/mol. The molecule has 0 radical (unpaired) electrons. The first-order valence-electron chi connectivity index (χ1n) is 5.59. The number of carboxylic acid groups (broad SMARTS) is 1. The van der Waals surface area contributed by atoms with Gasteiger partial charge in [-0.25, -0.2) is 4.98 Å². The average Bonchev–Trinajstić information content (AvgIpc) is 2.42. The van der Waals surface area contributed by atoms with E-state index in [1.54, 1.807) is 18.3 Å². The van der Waals surface area contributed by atoms with Crippen LogP contribution >= 0.6 is 11.8 Å². The SMILES string of the molecule is COCCN(CC(=O)O)C(=O)c1cccnc1SC. The molecule has 0 aliphatic carbocycles.